The molecular weight excluding hydrogens is 757 g/mol. The largest absolute Gasteiger partial charge is 0.308 e. The van der Waals surface area contributed by atoms with Gasteiger partial charge >= 0.3 is 0 Å². The first-order valence-electron chi connectivity index (χ1n) is 20.8. The van der Waals surface area contributed by atoms with E-state index in [1.807, 2.05) is 97.1 Å². The number of para-hydroxylation sites is 1. The van der Waals surface area contributed by atoms with Crippen molar-refractivity contribution in [1.82, 2.24) is 29.5 Å². The van der Waals surface area contributed by atoms with Crippen LogP contribution in [0, 0.1) is 6.92 Å². The van der Waals surface area contributed by atoms with Gasteiger partial charge in [-0.15, -0.1) is 0 Å². The Kier molecular flexibility index (Phi) is 9.28. The van der Waals surface area contributed by atoms with Gasteiger partial charge in [-0.2, -0.15) is 0 Å². The lowest BCUT2D eigenvalue weighted by Gasteiger charge is -2.17. The van der Waals surface area contributed by atoms with Gasteiger partial charge in [0, 0.05) is 44.2 Å². The minimum atomic E-state index is 0.552. The van der Waals surface area contributed by atoms with E-state index in [-0.39, 0.29) is 0 Å². The lowest BCUT2D eigenvalue weighted by atomic mass is 10.0. The Morgan fingerprint density at radius 2 is 0.774 bits per heavy atom. The summed E-state index contributed by atoms with van der Waals surface area (Å²) >= 11 is 0. The minimum absolute atomic E-state index is 0.552. The fourth-order valence-electron chi connectivity index (χ4n) is 8.22. The summed E-state index contributed by atoms with van der Waals surface area (Å²) in [5.41, 5.74) is 13.8. The maximum Gasteiger partial charge on any atom is 0.166 e. The standard InChI is InChI=1S/C56H38N6/c1-37-26-28-38(29-27-37)43-30-32-46-45-24-14-15-25-50(45)62(52(46)35-43)51-33-31-44(49-36-48(39-16-6-2-7-17-39)57-53(58-49)40-18-8-3-9-19-40)34-47(51)56-60-54(41-20-10-4-11-21-41)59-55(61-56)42-22-12-5-13-23-42/h2-36H,1H3. The van der Waals surface area contributed by atoms with Crippen LogP contribution in [0.25, 0.3) is 107 Å². The lowest BCUT2D eigenvalue weighted by molar-refractivity contribution is 1.06. The van der Waals surface area contributed by atoms with E-state index in [9.17, 15) is 0 Å². The zero-order valence-electron chi connectivity index (χ0n) is 33.9. The van der Waals surface area contributed by atoms with E-state index in [1.54, 1.807) is 0 Å². The Hall–Kier alpha value is -8.35. The molecule has 0 N–H and O–H groups in total. The molecule has 3 aromatic heterocycles. The van der Waals surface area contributed by atoms with E-state index in [0.29, 0.717) is 23.3 Å². The second-order valence-electron chi connectivity index (χ2n) is 15.4. The van der Waals surface area contributed by atoms with Crippen molar-refractivity contribution >= 4 is 21.8 Å². The molecule has 6 heteroatoms. The van der Waals surface area contributed by atoms with Crippen molar-refractivity contribution < 1.29 is 0 Å². The van der Waals surface area contributed by atoms with Gasteiger partial charge in [-0.1, -0.05) is 188 Å². The van der Waals surface area contributed by atoms with Gasteiger partial charge in [-0.05, 0) is 48.4 Å². The molecule has 6 nitrogen and oxygen atoms in total. The third-order valence-electron chi connectivity index (χ3n) is 11.4. The van der Waals surface area contributed by atoms with Gasteiger partial charge in [-0.3, -0.25) is 0 Å². The van der Waals surface area contributed by atoms with Crippen molar-refractivity contribution in [2.75, 3.05) is 0 Å². The van der Waals surface area contributed by atoms with E-state index in [4.69, 9.17) is 24.9 Å². The third-order valence-corrected chi connectivity index (χ3v) is 11.4. The summed E-state index contributed by atoms with van der Waals surface area (Å²) in [5.74, 6) is 2.39. The van der Waals surface area contributed by atoms with E-state index >= 15 is 0 Å². The number of fused-ring (bicyclic) bond motifs is 3. The molecular formula is C56H38N6. The monoisotopic (exact) mass is 794 g/mol. The second-order valence-corrected chi connectivity index (χ2v) is 15.4. The molecule has 3 heterocycles. The molecule has 292 valence electrons. The molecule has 0 unspecified atom stereocenters. The van der Waals surface area contributed by atoms with Gasteiger partial charge in [0.1, 0.15) is 0 Å². The number of rotatable bonds is 8. The second kappa shape index (κ2) is 15.7. The summed E-state index contributed by atoms with van der Waals surface area (Å²) in [4.78, 5) is 26.0. The molecule has 0 aliphatic rings. The zero-order chi connectivity index (χ0) is 41.4. The topological polar surface area (TPSA) is 69.4 Å². The highest BCUT2D eigenvalue weighted by molar-refractivity contribution is 6.10. The maximum atomic E-state index is 5.30. The third kappa shape index (κ3) is 6.89. The molecule has 0 atom stereocenters. The predicted molar refractivity (Wildman–Crippen MR) is 253 cm³/mol. The molecule has 0 aliphatic carbocycles. The highest BCUT2D eigenvalue weighted by Crippen LogP contribution is 2.40. The summed E-state index contributed by atoms with van der Waals surface area (Å²) in [6.07, 6.45) is 0. The Labute approximate surface area is 359 Å². The van der Waals surface area contributed by atoms with E-state index in [1.165, 1.54) is 5.56 Å². The van der Waals surface area contributed by atoms with Crippen LogP contribution >= 0.6 is 0 Å². The summed E-state index contributed by atoms with van der Waals surface area (Å²) in [6.45, 7) is 2.12. The Balaban J connectivity index is 1.21. The molecule has 0 fully saturated rings. The first-order chi connectivity index (χ1) is 30.6. The number of aromatic nitrogens is 6. The van der Waals surface area contributed by atoms with Crippen molar-refractivity contribution in [3.63, 3.8) is 0 Å². The molecule has 0 bridgehead atoms. The van der Waals surface area contributed by atoms with Gasteiger partial charge in [-0.25, -0.2) is 24.9 Å². The van der Waals surface area contributed by atoms with Gasteiger partial charge in [0.15, 0.2) is 23.3 Å². The Morgan fingerprint density at radius 1 is 0.306 bits per heavy atom. The van der Waals surface area contributed by atoms with Crippen LogP contribution in [-0.4, -0.2) is 29.5 Å². The normalized spacial score (nSPS) is 11.3. The molecule has 62 heavy (non-hydrogen) atoms. The molecule has 11 aromatic rings. The first-order valence-corrected chi connectivity index (χ1v) is 20.8. The van der Waals surface area contributed by atoms with Gasteiger partial charge in [0.05, 0.1) is 28.1 Å². The van der Waals surface area contributed by atoms with Crippen LogP contribution in [0.2, 0.25) is 0 Å². The molecule has 0 radical (unpaired) electrons. The average Bonchev–Trinajstić information content (AvgIpc) is 3.68. The molecule has 0 saturated carbocycles. The summed E-state index contributed by atoms with van der Waals surface area (Å²) in [7, 11) is 0. The highest BCUT2D eigenvalue weighted by Gasteiger charge is 2.22. The molecule has 0 saturated heterocycles. The highest BCUT2D eigenvalue weighted by atomic mass is 15.1. The van der Waals surface area contributed by atoms with Crippen LogP contribution < -0.4 is 0 Å². The average molecular weight is 795 g/mol. The van der Waals surface area contributed by atoms with Gasteiger partial charge < -0.3 is 4.57 Å². The van der Waals surface area contributed by atoms with E-state index in [2.05, 4.69) is 127 Å². The lowest BCUT2D eigenvalue weighted by Crippen LogP contribution is -2.04. The Morgan fingerprint density at radius 3 is 1.39 bits per heavy atom. The number of benzene rings is 8. The van der Waals surface area contributed by atoms with Crippen LogP contribution in [0.15, 0.2) is 212 Å². The van der Waals surface area contributed by atoms with Crippen LogP contribution in [-0.2, 0) is 0 Å². The fraction of sp³-hybridized carbons (Fsp3) is 0.0179. The number of aryl methyl sites for hydroxylation is 1. The number of nitrogens with zero attached hydrogens (tertiary/aromatic N) is 6. The predicted octanol–water partition coefficient (Wildman–Crippen LogP) is 13.7. The smallest absolute Gasteiger partial charge is 0.166 e. The van der Waals surface area contributed by atoms with Gasteiger partial charge in [0.2, 0.25) is 0 Å². The molecule has 0 amide bonds. The zero-order valence-corrected chi connectivity index (χ0v) is 33.9. The SMILES string of the molecule is Cc1ccc(-c2ccc3c4ccccc4n(-c4ccc(-c5cc(-c6ccccc6)nc(-c6ccccc6)n5)cc4-c4nc(-c5ccccc5)nc(-c5ccccc5)n4)c3c2)cc1. The van der Waals surface area contributed by atoms with Crippen molar-refractivity contribution in [2.24, 2.45) is 0 Å². The number of hydrogen-bond donors (Lipinski definition) is 0. The first kappa shape index (κ1) is 36.7. The van der Waals surface area contributed by atoms with Crippen LogP contribution in [0.3, 0.4) is 0 Å². The molecule has 0 spiro atoms. The Bertz CT molecular complexity index is 3270. The van der Waals surface area contributed by atoms with E-state index in [0.717, 1.165) is 83.4 Å². The summed E-state index contributed by atoms with van der Waals surface area (Å²) in [6, 6.07) is 73.4. The van der Waals surface area contributed by atoms with Crippen LogP contribution in [0.5, 0.6) is 0 Å². The van der Waals surface area contributed by atoms with Crippen LogP contribution in [0.1, 0.15) is 5.56 Å². The van der Waals surface area contributed by atoms with Crippen molar-refractivity contribution in [3.8, 4) is 84.9 Å². The van der Waals surface area contributed by atoms with Crippen molar-refractivity contribution in [1.29, 1.82) is 0 Å². The molecule has 11 rings (SSSR count). The van der Waals surface area contributed by atoms with Crippen molar-refractivity contribution in [2.45, 2.75) is 6.92 Å². The summed E-state index contributed by atoms with van der Waals surface area (Å²) in [5, 5.41) is 2.32. The molecule has 8 aromatic carbocycles. The van der Waals surface area contributed by atoms with Crippen molar-refractivity contribution in [3.05, 3.63) is 218 Å². The van der Waals surface area contributed by atoms with Crippen LogP contribution in [0.4, 0.5) is 0 Å². The van der Waals surface area contributed by atoms with Gasteiger partial charge in [0.25, 0.3) is 0 Å². The molecule has 0 aliphatic heterocycles. The van der Waals surface area contributed by atoms with E-state index < -0.39 is 0 Å². The minimum Gasteiger partial charge on any atom is -0.308 e. The summed E-state index contributed by atoms with van der Waals surface area (Å²) < 4.78 is 2.36. The quantitative estimate of drug-likeness (QED) is 0.153. The maximum absolute atomic E-state index is 5.30. The number of hydrogen-bond acceptors (Lipinski definition) is 5. The fourth-order valence-corrected chi connectivity index (χ4v) is 8.22.